The zero-order chi connectivity index (χ0) is 12.3. The van der Waals surface area contributed by atoms with E-state index in [9.17, 15) is 4.79 Å². The molecule has 0 unspecified atom stereocenters. The summed E-state index contributed by atoms with van der Waals surface area (Å²) >= 11 is 1.52. The van der Waals surface area contributed by atoms with Gasteiger partial charge in [-0.2, -0.15) is 0 Å². The molecule has 0 fully saturated rings. The van der Waals surface area contributed by atoms with Crippen LogP contribution in [0.25, 0.3) is 0 Å². The van der Waals surface area contributed by atoms with Crippen molar-refractivity contribution in [1.29, 1.82) is 0 Å². The quantitative estimate of drug-likeness (QED) is 0.859. The van der Waals surface area contributed by atoms with E-state index >= 15 is 0 Å². The van der Waals surface area contributed by atoms with Crippen LogP contribution in [0.2, 0.25) is 0 Å². The van der Waals surface area contributed by atoms with Crippen molar-refractivity contribution in [2.75, 3.05) is 5.73 Å². The minimum Gasteiger partial charge on any atom is -0.398 e. The number of thiazole rings is 1. The number of aryl methyl sites for hydroxylation is 1. The summed E-state index contributed by atoms with van der Waals surface area (Å²) in [6.07, 6.45) is 3.01. The molecule has 0 aliphatic rings. The van der Waals surface area contributed by atoms with Crippen LogP contribution in [0.4, 0.5) is 5.69 Å². The van der Waals surface area contributed by atoms with Gasteiger partial charge in [-0.25, -0.2) is 4.98 Å². The van der Waals surface area contributed by atoms with Crippen molar-refractivity contribution in [3.05, 3.63) is 40.1 Å². The largest absolute Gasteiger partial charge is 0.398 e. The predicted molar refractivity (Wildman–Crippen MR) is 66.7 cm³/mol. The minimum absolute atomic E-state index is 0.233. The molecule has 0 saturated carbocycles. The van der Waals surface area contributed by atoms with Gasteiger partial charge >= 0.3 is 0 Å². The van der Waals surface area contributed by atoms with Crippen LogP contribution in [0.1, 0.15) is 21.1 Å². The summed E-state index contributed by atoms with van der Waals surface area (Å²) in [5.41, 5.74) is 7.45. The van der Waals surface area contributed by atoms with Gasteiger partial charge in [0, 0.05) is 29.2 Å². The molecule has 0 atom stereocenters. The fourth-order valence-corrected chi connectivity index (χ4v) is 2.04. The van der Waals surface area contributed by atoms with Gasteiger partial charge in [-0.15, -0.1) is 11.3 Å². The van der Waals surface area contributed by atoms with Crippen molar-refractivity contribution in [3.63, 3.8) is 0 Å². The van der Waals surface area contributed by atoms with Crippen LogP contribution in [-0.2, 0) is 6.54 Å². The Morgan fingerprint density at radius 3 is 3.06 bits per heavy atom. The van der Waals surface area contributed by atoms with E-state index in [1.54, 1.807) is 12.3 Å². The van der Waals surface area contributed by atoms with E-state index in [0.29, 0.717) is 17.8 Å². The number of amides is 1. The predicted octanol–water partition coefficient (Wildman–Crippen LogP) is 1.36. The zero-order valence-corrected chi connectivity index (χ0v) is 10.1. The molecule has 6 heteroatoms. The topological polar surface area (TPSA) is 80.9 Å². The number of carbonyl (C=O) groups is 1. The lowest BCUT2D eigenvalue weighted by Crippen LogP contribution is -2.23. The molecule has 0 aliphatic heterocycles. The Bertz CT molecular complexity index is 538. The summed E-state index contributed by atoms with van der Waals surface area (Å²) in [6, 6.07) is 1.60. The minimum atomic E-state index is -0.233. The van der Waals surface area contributed by atoms with E-state index < -0.39 is 0 Å². The maximum atomic E-state index is 11.8. The number of nitrogen functional groups attached to an aromatic ring is 1. The Morgan fingerprint density at radius 1 is 1.59 bits per heavy atom. The third-order valence-corrected chi connectivity index (χ3v) is 3.13. The lowest BCUT2D eigenvalue weighted by Gasteiger charge is -2.04. The van der Waals surface area contributed by atoms with Crippen molar-refractivity contribution < 1.29 is 4.79 Å². The number of hydrogen-bond acceptors (Lipinski definition) is 5. The molecule has 5 nitrogen and oxygen atoms in total. The van der Waals surface area contributed by atoms with Gasteiger partial charge in [0.05, 0.1) is 12.1 Å². The first-order valence-corrected chi connectivity index (χ1v) is 5.93. The first-order valence-electron chi connectivity index (χ1n) is 5.05. The molecule has 0 spiro atoms. The summed E-state index contributed by atoms with van der Waals surface area (Å²) in [6.45, 7) is 2.33. The highest BCUT2D eigenvalue weighted by molar-refractivity contribution is 7.09. The second kappa shape index (κ2) is 4.92. The van der Waals surface area contributed by atoms with Gasteiger partial charge in [-0.3, -0.25) is 9.78 Å². The average Bonchev–Trinajstić information content (AvgIpc) is 2.73. The fourth-order valence-electron chi connectivity index (χ4n) is 1.33. The Kier molecular flexibility index (Phi) is 3.34. The van der Waals surface area contributed by atoms with Gasteiger partial charge in [0.15, 0.2) is 0 Å². The van der Waals surface area contributed by atoms with Crippen LogP contribution >= 0.6 is 11.3 Å². The van der Waals surface area contributed by atoms with Crippen LogP contribution in [-0.4, -0.2) is 15.9 Å². The van der Waals surface area contributed by atoms with E-state index in [4.69, 9.17) is 5.73 Å². The molecular weight excluding hydrogens is 236 g/mol. The molecule has 2 rings (SSSR count). The second-order valence-corrected chi connectivity index (χ2v) is 4.47. The van der Waals surface area contributed by atoms with E-state index in [2.05, 4.69) is 15.3 Å². The van der Waals surface area contributed by atoms with Gasteiger partial charge in [0.25, 0.3) is 5.91 Å². The smallest absolute Gasteiger partial charge is 0.255 e. The number of hydrogen-bond donors (Lipinski definition) is 2. The summed E-state index contributed by atoms with van der Waals surface area (Å²) in [7, 11) is 0. The SMILES string of the molecule is Cc1csc(CNC(=O)c2cnccc2N)n1. The van der Waals surface area contributed by atoms with Gasteiger partial charge in [0.1, 0.15) is 5.01 Å². The molecule has 88 valence electrons. The molecule has 2 aromatic heterocycles. The van der Waals surface area contributed by atoms with Crippen molar-refractivity contribution in [2.24, 2.45) is 0 Å². The van der Waals surface area contributed by atoms with E-state index in [0.717, 1.165) is 10.7 Å². The monoisotopic (exact) mass is 248 g/mol. The number of anilines is 1. The standard InChI is InChI=1S/C11H12N4OS/c1-7-6-17-10(15-7)5-14-11(16)8-4-13-3-2-9(8)12/h2-4,6H,5H2,1H3,(H2,12,13)(H,14,16). The lowest BCUT2D eigenvalue weighted by atomic mass is 10.2. The number of carbonyl (C=O) groups excluding carboxylic acids is 1. The average molecular weight is 248 g/mol. The molecule has 0 saturated heterocycles. The molecule has 3 N–H and O–H groups in total. The van der Waals surface area contributed by atoms with Crippen LogP contribution in [0, 0.1) is 6.92 Å². The first-order chi connectivity index (χ1) is 8.16. The normalized spacial score (nSPS) is 10.2. The van der Waals surface area contributed by atoms with Gasteiger partial charge in [0.2, 0.25) is 0 Å². The maximum Gasteiger partial charge on any atom is 0.255 e. The Hall–Kier alpha value is -1.95. The van der Waals surface area contributed by atoms with E-state index in [1.165, 1.54) is 17.5 Å². The third kappa shape index (κ3) is 2.79. The first kappa shape index (κ1) is 11.5. The molecular formula is C11H12N4OS. The molecule has 0 bridgehead atoms. The molecule has 0 radical (unpaired) electrons. The van der Waals surface area contributed by atoms with Crippen molar-refractivity contribution >= 4 is 22.9 Å². The molecule has 2 aromatic rings. The molecule has 1 amide bonds. The number of aromatic nitrogens is 2. The zero-order valence-electron chi connectivity index (χ0n) is 9.30. The number of nitrogens with zero attached hydrogens (tertiary/aromatic N) is 2. The molecule has 0 aliphatic carbocycles. The number of nitrogens with two attached hydrogens (primary N) is 1. The summed E-state index contributed by atoms with van der Waals surface area (Å²) < 4.78 is 0. The van der Waals surface area contributed by atoms with Gasteiger partial charge < -0.3 is 11.1 Å². The number of rotatable bonds is 3. The van der Waals surface area contributed by atoms with Crippen molar-refractivity contribution in [3.8, 4) is 0 Å². The van der Waals surface area contributed by atoms with Crippen molar-refractivity contribution in [2.45, 2.75) is 13.5 Å². The Morgan fingerprint density at radius 2 is 2.41 bits per heavy atom. The van der Waals surface area contributed by atoms with Gasteiger partial charge in [-0.1, -0.05) is 0 Å². The fraction of sp³-hybridized carbons (Fsp3) is 0.182. The molecule has 17 heavy (non-hydrogen) atoms. The van der Waals surface area contributed by atoms with E-state index in [-0.39, 0.29) is 5.91 Å². The highest BCUT2D eigenvalue weighted by atomic mass is 32.1. The van der Waals surface area contributed by atoms with Gasteiger partial charge in [-0.05, 0) is 13.0 Å². The summed E-state index contributed by atoms with van der Waals surface area (Å²) in [5, 5.41) is 5.58. The highest BCUT2D eigenvalue weighted by Gasteiger charge is 2.09. The van der Waals surface area contributed by atoms with Crippen LogP contribution in [0.15, 0.2) is 23.8 Å². The second-order valence-electron chi connectivity index (χ2n) is 3.53. The lowest BCUT2D eigenvalue weighted by molar-refractivity contribution is 0.0951. The van der Waals surface area contributed by atoms with Crippen LogP contribution < -0.4 is 11.1 Å². The Balaban J connectivity index is 2.01. The van der Waals surface area contributed by atoms with Crippen LogP contribution in [0.3, 0.4) is 0 Å². The summed E-state index contributed by atoms with van der Waals surface area (Å²) in [5.74, 6) is -0.233. The number of pyridine rings is 1. The van der Waals surface area contributed by atoms with Crippen LogP contribution in [0.5, 0.6) is 0 Å². The molecule has 2 heterocycles. The number of nitrogens with one attached hydrogen (secondary N) is 1. The maximum absolute atomic E-state index is 11.8. The van der Waals surface area contributed by atoms with E-state index in [1.807, 2.05) is 12.3 Å². The molecule has 0 aromatic carbocycles. The highest BCUT2D eigenvalue weighted by Crippen LogP contribution is 2.10. The summed E-state index contributed by atoms with van der Waals surface area (Å²) in [4.78, 5) is 19.9. The Labute approximate surface area is 103 Å². The third-order valence-electron chi connectivity index (χ3n) is 2.17. The van der Waals surface area contributed by atoms with Crippen molar-refractivity contribution in [1.82, 2.24) is 15.3 Å².